The van der Waals surface area contributed by atoms with Gasteiger partial charge in [0.1, 0.15) is 0 Å². The molecule has 0 fully saturated rings. The van der Waals surface area contributed by atoms with Crippen LogP contribution in [0.4, 0.5) is 0 Å². The van der Waals surface area contributed by atoms with Crippen molar-refractivity contribution in [2.75, 3.05) is 0 Å². The zero-order chi connectivity index (χ0) is 22.9. The lowest BCUT2D eigenvalue weighted by Gasteiger charge is -2.14. The zero-order valence-corrected chi connectivity index (χ0v) is 19.2. The Kier molecular flexibility index (Phi) is 3.81. The standard InChI is InChI=1S/C33H22N2/c1-4-10-25-22(7-1)13-14-28-31-27-12-6-5-11-26(27)30-24-9-3-2-8-23(24)19-29(30)33(31)35(32(25)28)20-21-15-17-34-18-16-21/h1-18H,19-20H2. The van der Waals surface area contributed by atoms with Crippen LogP contribution in [0.1, 0.15) is 16.7 Å². The Labute approximate surface area is 203 Å². The van der Waals surface area contributed by atoms with Crippen molar-refractivity contribution in [2.24, 2.45) is 0 Å². The van der Waals surface area contributed by atoms with E-state index in [4.69, 9.17) is 0 Å². The van der Waals surface area contributed by atoms with Crippen LogP contribution in [0.5, 0.6) is 0 Å². The number of hydrogen-bond donors (Lipinski definition) is 0. The predicted octanol–water partition coefficient (Wildman–Crippen LogP) is 8.12. The van der Waals surface area contributed by atoms with Gasteiger partial charge in [-0.05, 0) is 56.1 Å². The molecule has 0 aliphatic heterocycles. The van der Waals surface area contributed by atoms with Gasteiger partial charge in [-0.25, -0.2) is 0 Å². The summed E-state index contributed by atoms with van der Waals surface area (Å²) in [7, 11) is 0. The maximum absolute atomic E-state index is 4.27. The van der Waals surface area contributed by atoms with Gasteiger partial charge in [-0.15, -0.1) is 0 Å². The Balaban J connectivity index is 1.63. The van der Waals surface area contributed by atoms with E-state index in [1.807, 2.05) is 12.4 Å². The molecule has 0 saturated heterocycles. The first-order valence-corrected chi connectivity index (χ1v) is 12.2. The van der Waals surface area contributed by atoms with Gasteiger partial charge in [0, 0.05) is 41.5 Å². The highest BCUT2D eigenvalue weighted by atomic mass is 15.0. The van der Waals surface area contributed by atoms with Crippen LogP contribution >= 0.6 is 0 Å². The minimum absolute atomic E-state index is 0.817. The number of pyridine rings is 1. The third kappa shape index (κ3) is 2.57. The van der Waals surface area contributed by atoms with Crippen molar-refractivity contribution in [1.82, 2.24) is 9.55 Å². The largest absolute Gasteiger partial charge is 0.335 e. The summed E-state index contributed by atoms with van der Waals surface area (Å²) in [4.78, 5) is 4.27. The maximum Gasteiger partial charge on any atom is 0.0574 e. The first-order chi connectivity index (χ1) is 17.4. The summed E-state index contributed by atoms with van der Waals surface area (Å²) in [6, 6.07) is 35.6. The Hall–Kier alpha value is -4.43. The minimum atomic E-state index is 0.817. The highest BCUT2D eigenvalue weighted by Gasteiger charge is 2.28. The van der Waals surface area contributed by atoms with Crippen LogP contribution in [0.15, 0.2) is 109 Å². The number of hydrogen-bond acceptors (Lipinski definition) is 1. The van der Waals surface area contributed by atoms with Crippen molar-refractivity contribution in [3.8, 4) is 11.1 Å². The molecule has 8 rings (SSSR count). The van der Waals surface area contributed by atoms with Crippen molar-refractivity contribution in [1.29, 1.82) is 0 Å². The second-order valence-corrected chi connectivity index (χ2v) is 9.58. The normalized spacial score (nSPS) is 12.6. The van der Waals surface area contributed by atoms with Crippen molar-refractivity contribution in [3.63, 3.8) is 0 Å². The molecule has 2 heterocycles. The van der Waals surface area contributed by atoms with Gasteiger partial charge in [0.15, 0.2) is 0 Å². The summed E-state index contributed by atoms with van der Waals surface area (Å²) in [5.41, 5.74) is 9.63. The number of rotatable bonds is 2. The summed E-state index contributed by atoms with van der Waals surface area (Å²) >= 11 is 0. The van der Waals surface area contributed by atoms with Crippen LogP contribution < -0.4 is 0 Å². The molecule has 0 atom stereocenters. The van der Waals surface area contributed by atoms with E-state index in [0.29, 0.717) is 0 Å². The second-order valence-electron chi connectivity index (χ2n) is 9.58. The lowest BCUT2D eigenvalue weighted by atomic mass is 9.93. The molecule has 5 aromatic carbocycles. The Bertz CT molecular complexity index is 1940. The van der Waals surface area contributed by atoms with E-state index < -0.39 is 0 Å². The van der Waals surface area contributed by atoms with Gasteiger partial charge < -0.3 is 4.57 Å². The molecule has 1 aliphatic rings. The van der Waals surface area contributed by atoms with Crippen LogP contribution in [0.25, 0.3) is 54.5 Å². The highest BCUT2D eigenvalue weighted by molar-refractivity contribution is 6.29. The monoisotopic (exact) mass is 446 g/mol. The van der Waals surface area contributed by atoms with Crippen LogP contribution in [0.2, 0.25) is 0 Å². The molecule has 0 radical (unpaired) electrons. The van der Waals surface area contributed by atoms with Crippen LogP contribution in [0, 0.1) is 0 Å². The lowest BCUT2D eigenvalue weighted by molar-refractivity contribution is 0.865. The Morgan fingerprint density at radius 1 is 0.629 bits per heavy atom. The van der Waals surface area contributed by atoms with Crippen molar-refractivity contribution < 1.29 is 0 Å². The fraction of sp³-hybridized carbons (Fsp3) is 0.0606. The molecule has 0 bridgehead atoms. The average molecular weight is 447 g/mol. The smallest absolute Gasteiger partial charge is 0.0574 e. The number of aromatic nitrogens is 2. The van der Waals surface area contributed by atoms with Gasteiger partial charge in [-0.2, -0.15) is 0 Å². The minimum Gasteiger partial charge on any atom is -0.335 e. The van der Waals surface area contributed by atoms with Crippen LogP contribution in [-0.2, 0) is 13.0 Å². The molecule has 0 amide bonds. The summed E-state index contributed by atoms with van der Waals surface area (Å²) in [5, 5.41) is 8.00. The summed E-state index contributed by atoms with van der Waals surface area (Å²) in [5.74, 6) is 0. The van der Waals surface area contributed by atoms with E-state index in [1.165, 1.54) is 71.2 Å². The molecule has 0 N–H and O–H groups in total. The van der Waals surface area contributed by atoms with Crippen LogP contribution in [0.3, 0.4) is 0 Å². The van der Waals surface area contributed by atoms with Crippen LogP contribution in [-0.4, -0.2) is 9.55 Å². The van der Waals surface area contributed by atoms with Gasteiger partial charge >= 0.3 is 0 Å². The molecule has 164 valence electrons. The topological polar surface area (TPSA) is 17.8 Å². The zero-order valence-electron chi connectivity index (χ0n) is 19.2. The number of benzene rings is 5. The van der Waals surface area contributed by atoms with E-state index in [-0.39, 0.29) is 0 Å². The molecule has 0 saturated carbocycles. The fourth-order valence-corrected chi connectivity index (χ4v) is 6.33. The summed E-state index contributed by atoms with van der Waals surface area (Å²) in [6.07, 6.45) is 4.77. The van der Waals surface area contributed by atoms with Gasteiger partial charge in [0.2, 0.25) is 0 Å². The van der Waals surface area contributed by atoms with E-state index in [0.717, 1.165) is 13.0 Å². The summed E-state index contributed by atoms with van der Waals surface area (Å²) < 4.78 is 2.58. The molecule has 0 unspecified atom stereocenters. The molecule has 2 heteroatoms. The van der Waals surface area contributed by atoms with Gasteiger partial charge in [0.25, 0.3) is 0 Å². The summed E-state index contributed by atoms with van der Waals surface area (Å²) in [6.45, 7) is 0.817. The lowest BCUT2D eigenvalue weighted by Crippen LogP contribution is -2.02. The van der Waals surface area contributed by atoms with Crippen molar-refractivity contribution in [3.05, 3.63) is 126 Å². The SMILES string of the molecule is c1ccc2c(c1)Cc1c-2c2ccccc2c2c3ccc4ccccc4c3n(Cc3ccncc3)c12. The highest BCUT2D eigenvalue weighted by Crippen LogP contribution is 2.49. The molecule has 1 aliphatic carbocycles. The second kappa shape index (κ2) is 7.04. The third-order valence-electron chi connectivity index (χ3n) is 7.74. The third-order valence-corrected chi connectivity index (χ3v) is 7.74. The first kappa shape index (κ1) is 18.9. The average Bonchev–Trinajstić information content (AvgIpc) is 3.46. The number of fused-ring (bicyclic) bond motifs is 12. The Morgan fingerprint density at radius 3 is 2.26 bits per heavy atom. The van der Waals surface area contributed by atoms with Gasteiger partial charge in [0.05, 0.1) is 11.0 Å². The fourth-order valence-electron chi connectivity index (χ4n) is 6.33. The molecule has 35 heavy (non-hydrogen) atoms. The molecular weight excluding hydrogens is 424 g/mol. The molecule has 7 aromatic rings. The molecule has 0 spiro atoms. The van der Waals surface area contributed by atoms with E-state index in [2.05, 4.69) is 107 Å². The van der Waals surface area contributed by atoms with E-state index in [1.54, 1.807) is 0 Å². The van der Waals surface area contributed by atoms with E-state index in [9.17, 15) is 0 Å². The Morgan fingerprint density at radius 2 is 1.37 bits per heavy atom. The maximum atomic E-state index is 4.27. The van der Waals surface area contributed by atoms with Crippen molar-refractivity contribution in [2.45, 2.75) is 13.0 Å². The molecular formula is C33H22N2. The number of nitrogens with zero attached hydrogens (tertiary/aromatic N) is 2. The van der Waals surface area contributed by atoms with Gasteiger partial charge in [-0.3, -0.25) is 4.98 Å². The quantitative estimate of drug-likeness (QED) is 0.262. The first-order valence-electron chi connectivity index (χ1n) is 12.2. The van der Waals surface area contributed by atoms with Crippen molar-refractivity contribution >= 4 is 43.4 Å². The molecule has 2 aromatic heterocycles. The van der Waals surface area contributed by atoms with Gasteiger partial charge in [-0.1, -0.05) is 84.9 Å². The van der Waals surface area contributed by atoms with E-state index >= 15 is 0 Å². The molecule has 2 nitrogen and oxygen atoms in total. The predicted molar refractivity (Wildman–Crippen MR) is 146 cm³/mol.